The number of carbonyl (C=O) groups excluding carboxylic acids is 2. The molecule has 1 aromatic heterocycles. The van der Waals surface area contributed by atoms with Crippen LogP contribution in [0.1, 0.15) is 37.6 Å². The van der Waals surface area contributed by atoms with Gasteiger partial charge in [0.25, 0.3) is 0 Å². The maximum absolute atomic E-state index is 12.1. The number of nitrogens with zero attached hydrogens (tertiary/aromatic N) is 2. The van der Waals surface area contributed by atoms with Gasteiger partial charge in [-0.25, -0.2) is 9.78 Å². The lowest BCUT2D eigenvalue weighted by Crippen LogP contribution is -2.43. The van der Waals surface area contributed by atoms with E-state index in [0.717, 1.165) is 11.3 Å². The number of aryl methyl sites for hydroxylation is 2. The van der Waals surface area contributed by atoms with E-state index in [9.17, 15) is 14.9 Å². The molecule has 6 nitrogen and oxygen atoms in total. The molecule has 1 rings (SSSR count). The normalized spacial score (nSPS) is 11.7. The Morgan fingerprint density at radius 1 is 1.35 bits per heavy atom. The number of urea groups is 1. The van der Waals surface area contributed by atoms with Crippen molar-refractivity contribution in [1.82, 2.24) is 15.6 Å². The molecule has 0 saturated heterocycles. The van der Waals surface area contributed by atoms with Crippen molar-refractivity contribution in [2.75, 3.05) is 6.54 Å². The molecule has 2 N–H and O–H groups in total. The van der Waals surface area contributed by atoms with E-state index in [1.54, 1.807) is 6.92 Å². The van der Waals surface area contributed by atoms with E-state index in [2.05, 4.69) is 21.7 Å². The molecule has 23 heavy (non-hydrogen) atoms. The van der Waals surface area contributed by atoms with Gasteiger partial charge in [0.2, 0.25) is 5.91 Å². The number of carbonyl (C=O) groups is 2. The second kappa shape index (κ2) is 8.53. The summed E-state index contributed by atoms with van der Waals surface area (Å²) in [6.45, 7) is 9.78. The number of hydrogen-bond donors (Lipinski definition) is 2. The minimum absolute atomic E-state index is 0.306. The van der Waals surface area contributed by atoms with Gasteiger partial charge in [0.15, 0.2) is 0 Å². The molecule has 0 spiro atoms. The Hall–Kier alpha value is -2.07. The summed E-state index contributed by atoms with van der Waals surface area (Å²) in [5.41, 5.74) is 2.07. The lowest BCUT2D eigenvalue weighted by molar-refractivity contribution is -0.119. The van der Waals surface area contributed by atoms with Crippen molar-refractivity contribution in [3.05, 3.63) is 22.9 Å². The zero-order chi connectivity index (χ0) is 17.6. The number of rotatable bonds is 5. The second-order valence-electron chi connectivity index (χ2n) is 5.73. The van der Waals surface area contributed by atoms with Crippen LogP contribution in [-0.4, -0.2) is 28.7 Å². The van der Waals surface area contributed by atoms with E-state index in [0.29, 0.717) is 23.1 Å². The van der Waals surface area contributed by atoms with Crippen LogP contribution in [0.25, 0.3) is 0 Å². The molecule has 1 aromatic rings. The molecule has 124 valence electrons. The largest absolute Gasteiger partial charge is 0.338 e. The zero-order valence-electron chi connectivity index (χ0n) is 14.1. The summed E-state index contributed by atoms with van der Waals surface area (Å²) >= 11 is 1.17. The molecule has 0 aliphatic heterocycles. The van der Waals surface area contributed by atoms with Crippen LogP contribution in [0.3, 0.4) is 0 Å². The van der Waals surface area contributed by atoms with E-state index in [4.69, 9.17) is 0 Å². The van der Waals surface area contributed by atoms with Crippen LogP contribution in [0.2, 0.25) is 0 Å². The van der Waals surface area contributed by atoms with Gasteiger partial charge in [-0.1, -0.05) is 25.6 Å². The highest BCUT2D eigenvalue weighted by atomic mass is 32.2. The van der Waals surface area contributed by atoms with E-state index in [1.807, 2.05) is 33.8 Å². The van der Waals surface area contributed by atoms with Crippen molar-refractivity contribution in [3.8, 4) is 6.07 Å². The highest BCUT2D eigenvalue weighted by Gasteiger charge is 2.20. The van der Waals surface area contributed by atoms with Gasteiger partial charge in [0.05, 0.1) is 10.8 Å². The minimum Gasteiger partial charge on any atom is -0.338 e. The summed E-state index contributed by atoms with van der Waals surface area (Å²) in [6.07, 6.45) is 0. The molecule has 0 aromatic carbocycles. The summed E-state index contributed by atoms with van der Waals surface area (Å²) < 4.78 is 0. The number of pyridine rings is 1. The molecule has 0 bridgehead atoms. The summed E-state index contributed by atoms with van der Waals surface area (Å²) in [7, 11) is 0. The third-order valence-electron chi connectivity index (χ3n) is 2.99. The fourth-order valence-corrected chi connectivity index (χ4v) is 2.82. The molecular formula is C16H22N4O2S. The van der Waals surface area contributed by atoms with Crippen molar-refractivity contribution in [2.24, 2.45) is 5.92 Å². The van der Waals surface area contributed by atoms with Crippen LogP contribution in [0.5, 0.6) is 0 Å². The van der Waals surface area contributed by atoms with Gasteiger partial charge in [-0.2, -0.15) is 5.26 Å². The fraction of sp³-hybridized carbons (Fsp3) is 0.500. The molecular weight excluding hydrogens is 312 g/mol. The van der Waals surface area contributed by atoms with E-state index in [1.165, 1.54) is 11.8 Å². The average Bonchev–Trinajstić information content (AvgIpc) is 2.44. The zero-order valence-corrected chi connectivity index (χ0v) is 14.9. The van der Waals surface area contributed by atoms with Crippen molar-refractivity contribution < 1.29 is 9.59 Å². The monoisotopic (exact) mass is 334 g/mol. The highest BCUT2D eigenvalue weighted by Crippen LogP contribution is 2.27. The maximum Gasteiger partial charge on any atom is 0.321 e. The van der Waals surface area contributed by atoms with Crippen LogP contribution in [0, 0.1) is 31.1 Å². The molecule has 0 fully saturated rings. The van der Waals surface area contributed by atoms with Crippen molar-refractivity contribution in [3.63, 3.8) is 0 Å². The molecule has 1 heterocycles. The van der Waals surface area contributed by atoms with Crippen molar-refractivity contribution in [2.45, 2.75) is 44.9 Å². The van der Waals surface area contributed by atoms with Crippen LogP contribution in [-0.2, 0) is 4.79 Å². The second-order valence-corrected chi connectivity index (χ2v) is 7.06. The first-order valence-corrected chi connectivity index (χ1v) is 8.26. The smallest absolute Gasteiger partial charge is 0.321 e. The number of nitriles is 1. The summed E-state index contributed by atoms with van der Waals surface area (Å²) in [6, 6.07) is 3.43. The molecule has 0 unspecified atom stereocenters. The first kappa shape index (κ1) is 19.0. The Kier molecular flexibility index (Phi) is 7.04. The minimum atomic E-state index is -0.541. The fourth-order valence-electron chi connectivity index (χ4n) is 1.80. The van der Waals surface area contributed by atoms with Gasteiger partial charge in [0, 0.05) is 12.2 Å². The predicted molar refractivity (Wildman–Crippen MR) is 90.1 cm³/mol. The summed E-state index contributed by atoms with van der Waals surface area (Å²) in [5, 5.41) is 14.1. The van der Waals surface area contributed by atoms with E-state index < -0.39 is 17.2 Å². The van der Waals surface area contributed by atoms with Gasteiger partial charge in [-0.3, -0.25) is 10.1 Å². The lowest BCUT2D eigenvalue weighted by atomic mass is 10.1. The molecule has 7 heteroatoms. The number of thioether (sulfide) groups is 1. The number of nitrogens with one attached hydrogen (secondary N) is 2. The number of hydrogen-bond acceptors (Lipinski definition) is 5. The maximum atomic E-state index is 12.1. The van der Waals surface area contributed by atoms with Crippen LogP contribution >= 0.6 is 11.8 Å². The lowest BCUT2D eigenvalue weighted by Gasteiger charge is -2.14. The van der Waals surface area contributed by atoms with Gasteiger partial charge >= 0.3 is 6.03 Å². The summed E-state index contributed by atoms with van der Waals surface area (Å²) in [4.78, 5) is 28.0. The molecule has 3 amide bonds. The standard InChI is InChI=1S/C16H22N4O2S/c1-9(2)8-18-16(22)20-14(21)12(5)23-15-13(7-17)10(3)6-11(4)19-15/h6,9,12H,8H2,1-5H3,(H2,18,20,21,22)/t12-/m1/s1. The third-order valence-corrected chi connectivity index (χ3v) is 4.07. The van der Waals surface area contributed by atoms with Gasteiger partial charge in [-0.05, 0) is 38.3 Å². The van der Waals surface area contributed by atoms with E-state index >= 15 is 0 Å². The topological polar surface area (TPSA) is 94.9 Å². The quantitative estimate of drug-likeness (QED) is 0.807. The van der Waals surface area contributed by atoms with Gasteiger partial charge in [-0.15, -0.1) is 0 Å². The Bertz CT molecular complexity index is 638. The number of amides is 3. The van der Waals surface area contributed by atoms with Crippen molar-refractivity contribution in [1.29, 1.82) is 5.26 Å². The average molecular weight is 334 g/mol. The number of imide groups is 1. The molecule has 0 radical (unpaired) electrons. The van der Waals surface area contributed by atoms with Crippen molar-refractivity contribution >= 4 is 23.7 Å². The van der Waals surface area contributed by atoms with Crippen LogP contribution in [0.15, 0.2) is 11.1 Å². The van der Waals surface area contributed by atoms with E-state index in [-0.39, 0.29) is 0 Å². The Morgan fingerprint density at radius 2 is 2.00 bits per heavy atom. The first-order valence-electron chi connectivity index (χ1n) is 7.38. The first-order chi connectivity index (χ1) is 10.7. The Balaban J connectivity index is 2.73. The molecule has 0 aliphatic carbocycles. The summed E-state index contributed by atoms with van der Waals surface area (Å²) in [5.74, 6) is -0.110. The van der Waals surface area contributed by atoms with Gasteiger partial charge < -0.3 is 5.32 Å². The number of aromatic nitrogens is 1. The van der Waals surface area contributed by atoms with Crippen LogP contribution < -0.4 is 10.6 Å². The molecule has 1 atom stereocenters. The SMILES string of the molecule is Cc1cc(C)c(C#N)c(S[C@H](C)C(=O)NC(=O)NCC(C)C)n1. The highest BCUT2D eigenvalue weighted by molar-refractivity contribution is 8.00. The third kappa shape index (κ3) is 5.91. The van der Waals surface area contributed by atoms with Crippen LogP contribution in [0.4, 0.5) is 4.79 Å². The van der Waals surface area contributed by atoms with Gasteiger partial charge in [0.1, 0.15) is 11.1 Å². The molecule has 0 saturated carbocycles. The molecule has 0 aliphatic rings. The Morgan fingerprint density at radius 3 is 2.57 bits per heavy atom. The Labute approximate surface area is 141 Å². The predicted octanol–water partition coefficient (Wildman–Crippen LogP) is 2.53.